The molecule has 2 aliphatic carbocycles. The summed E-state index contributed by atoms with van der Waals surface area (Å²) < 4.78 is 0. The smallest absolute Gasteiger partial charge is 0.0243 e. The number of hydrogen-bond donors (Lipinski definition) is 0. The van der Waals surface area contributed by atoms with Gasteiger partial charge in [-0.15, -0.1) is 0 Å². The second-order valence-electron chi connectivity index (χ2n) is 5.90. The number of rotatable bonds is 3. The molecule has 2 aliphatic rings. The first-order valence-corrected chi connectivity index (χ1v) is 7.12. The van der Waals surface area contributed by atoms with E-state index in [2.05, 4.69) is 6.92 Å². The van der Waals surface area contributed by atoms with Crippen LogP contribution in [0.5, 0.6) is 0 Å². The van der Waals surface area contributed by atoms with E-state index in [0.717, 1.165) is 11.8 Å². The van der Waals surface area contributed by atoms with E-state index in [9.17, 15) is 0 Å². The van der Waals surface area contributed by atoms with Gasteiger partial charge in [0.2, 0.25) is 0 Å². The van der Waals surface area contributed by atoms with E-state index >= 15 is 0 Å². The summed E-state index contributed by atoms with van der Waals surface area (Å²) in [7, 11) is 0. The fraction of sp³-hybridized carbons (Fsp3) is 0.933. The Kier molecular flexibility index (Phi) is 3.74. The molecule has 0 heterocycles. The van der Waals surface area contributed by atoms with Crippen LogP contribution in [-0.4, -0.2) is 0 Å². The van der Waals surface area contributed by atoms with Gasteiger partial charge in [0.05, 0.1) is 0 Å². The molecular weight excluding hydrogens is 180 g/mol. The third kappa shape index (κ3) is 2.24. The SMILES string of the molecule is [CH2]C(CC)(C1CCCCC1)C1CCCC1. The molecular formula is C15H27. The molecule has 1 unspecified atom stereocenters. The van der Waals surface area contributed by atoms with Crippen LogP contribution in [0, 0.1) is 24.2 Å². The minimum Gasteiger partial charge on any atom is -0.0648 e. The molecule has 0 saturated heterocycles. The third-order valence-corrected chi connectivity index (χ3v) is 5.24. The van der Waals surface area contributed by atoms with Gasteiger partial charge in [-0.25, -0.2) is 0 Å². The fourth-order valence-corrected chi connectivity index (χ4v) is 4.09. The van der Waals surface area contributed by atoms with Gasteiger partial charge in [-0.3, -0.25) is 0 Å². The van der Waals surface area contributed by atoms with Crippen molar-refractivity contribution in [3.8, 4) is 0 Å². The van der Waals surface area contributed by atoms with Crippen LogP contribution in [0.2, 0.25) is 0 Å². The van der Waals surface area contributed by atoms with Crippen LogP contribution in [0.1, 0.15) is 71.1 Å². The highest BCUT2D eigenvalue weighted by atomic mass is 14.5. The van der Waals surface area contributed by atoms with Crippen molar-refractivity contribution in [3.63, 3.8) is 0 Å². The van der Waals surface area contributed by atoms with Crippen molar-refractivity contribution in [3.05, 3.63) is 6.92 Å². The predicted molar refractivity (Wildman–Crippen MR) is 66.6 cm³/mol. The Morgan fingerprint density at radius 3 is 1.67 bits per heavy atom. The molecule has 0 nitrogen and oxygen atoms in total. The van der Waals surface area contributed by atoms with Crippen LogP contribution in [-0.2, 0) is 0 Å². The molecule has 2 fully saturated rings. The Morgan fingerprint density at radius 2 is 1.27 bits per heavy atom. The average Bonchev–Trinajstić information content (AvgIpc) is 2.83. The van der Waals surface area contributed by atoms with Crippen LogP contribution in [0.25, 0.3) is 0 Å². The van der Waals surface area contributed by atoms with Gasteiger partial charge in [-0.05, 0) is 56.3 Å². The van der Waals surface area contributed by atoms with E-state index < -0.39 is 0 Å². The van der Waals surface area contributed by atoms with E-state index in [1.54, 1.807) is 0 Å². The summed E-state index contributed by atoms with van der Waals surface area (Å²) in [6, 6.07) is 0. The molecule has 87 valence electrons. The van der Waals surface area contributed by atoms with Gasteiger partial charge in [0.15, 0.2) is 0 Å². The molecule has 2 rings (SSSR count). The van der Waals surface area contributed by atoms with Crippen molar-refractivity contribution in [2.45, 2.75) is 71.1 Å². The molecule has 0 amide bonds. The topological polar surface area (TPSA) is 0 Å². The molecule has 0 aliphatic heterocycles. The first-order valence-electron chi connectivity index (χ1n) is 7.12. The summed E-state index contributed by atoms with van der Waals surface area (Å²) in [6.07, 6.45) is 14.5. The molecule has 1 atom stereocenters. The summed E-state index contributed by atoms with van der Waals surface area (Å²) >= 11 is 0. The van der Waals surface area contributed by atoms with E-state index in [-0.39, 0.29) is 0 Å². The summed E-state index contributed by atoms with van der Waals surface area (Å²) in [5.41, 5.74) is 0.441. The van der Waals surface area contributed by atoms with E-state index in [4.69, 9.17) is 6.92 Å². The minimum absolute atomic E-state index is 0.441. The predicted octanol–water partition coefficient (Wildman–Crippen LogP) is 4.99. The highest BCUT2D eigenvalue weighted by Gasteiger charge is 2.40. The first kappa shape index (κ1) is 11.5. The molecule has 0 aromatic rings. The van der Waals surface area contributed by atoms with Gasteiger partial charge in [0.25, 0.3) is 0 Å². The monoisotopic (exact) mass is 207 g/mol. The zero-order valence-electron chi connectivity index (χ0n) is 10.4. The lowest BCUT2D eigenvalue weighted by Gasteiger charge is -2.44. The highest BCUT2D eigenvalue weighted by molar-refractivity contribution is 4.95. The highest BCUT2D eigenvalue weighted by Crippen LogP contribution is 2.50. The standard InChI is InChI=1S/C15H27/c1-3-15(2,14-11-7-8-12-14)13-9-5-4-6-10-13/h13-14H,2-12H2,1H3. The van der Waals surface area contributed by atoms with Gasteiger partial charge in [0, 0.05) is 0 Å². The van der Waals surface area contributed by atoms with Crippen molar-refractivity contribution in [2.75, 3.05) is 0 Å². The summed E-state index contributed by atoms with van der Waals surface area (Å²) in [5.74, 6) is 1.89. The maximum atomic E-state index is 4.69. The Labute approximate surface area is 95.8 Å². The van der Waals surface area contributed by atoms with E-state index in [1.807, 2.05) is 0 Å². The van der Waals surface area contributed by atoms with Crippen molar-refractivity contribution in [1.29, 1.82) is 0 Å². The quantitative estimate of drug-likeness (QED) is 0.612. The molecule has 0 bridgehead atoms. The van der Waals surface area contributed by atoms with E-state index in [1.165, 1.54) is 64.2 Å². The summed E-state index contributed by atoms with van der Waals surface area (Å²) in [4.78, 5) is 0. The number of hydrogen-bond acceptors (Lipinski definition) is 0. The Morgan fingerprint density at radius 1 is 0.867 bits per heavy atom. The molecule has 0 N–H and O–H groups in total. The largest absolute Gasteiger partial charge is 0.0648 e. The van der Waals surface area contributed by atoms with Gasteiger partial charge in [-0.2, -0.15) is 0 Å². The fourth-order valence-electron chi connectivity index (χ4n) is 4.09. The lowest BCUT2D eigenvalue weighted by atomic mass is 9.61. The Bertz CT molecular complexity index is 184. The molecule has 0 aromatic carbocycles. The lowest BCUT2D eigenvalue weighted by molar-refractivity contribution is 0.0890. The first-order chi connectivity index (χ1) is 7.27. The molecule has 1 radical (unpaired) electrons. The summed E-state index contributed by atoms with van der Waals surface area (Å²) in [6.45, 7) is 7.07. The van der Waals surface area contributed by atoms with Crippen LogP contribution in [0.15, 0.2) is 0 Å². The van der Waals surface area contributed by atoms with Crippen molar-refractivity contribution in [1.82, 2.24) is 0 Å². The van der Waals surface area contributed by atoms with Crippen LogP contribution < -0.4 is 0 Å². The Hall–Kier alpha value is 0. The summed E-state index contributed by atoms with van der Waals surface area (Å²) in [5, 5.41) is 0. The second kappa shape index (κ2) is 4.89. The van der Waals surface area contributed by atoms with Crippen LogP contribution in [0.4, 0.5) is 0 Å². The van der Waals surface area contributed by atoms with Crippen LogP contribution in [0.3, 0.4) is 0 Å². The van der Waals surface area contributed by atoms with Gasteiger partial charge >= 0.3 is 0 Å². The van der Waals surface area contributed by atoms with Gasteiger partial charge < -0.3 is 0 Å². The zero-order chi connectivity index (χ0) is 10.7. The third-order valence-electron chi connectivity index (χ3n) is 5.24. The zero-order valence-corrected chi connectivity index (χ0v) is 10.4. The second-order valence-corrected chi connectivity index (χ2v) is 5.90. The minimum atomic E-state index is 0.441. The normalized spacial score (nSPS) is 29.2. The van der Waals surface area contributed by atoms with Crippen molar-refractivity contribution >= 4 is 0 Å². The van der Waals surface area contributed by atoms with E-state index in [0.29, 0.717) is 5.41 Å². The molecule has 0 heteroatoms. The van der Waals surface area contributed by atoms with Gasteiger partial charge in [-0.1, -0.05) is 39.0 Å². The van der Waals surface area contributed by atoms with Crippen LogP contribution >= 0.6 is 0 Å². The average molecular weight is 207 g/mol. The maximum absolute atomic E-state index is 4.69. The van der Waals surface area contributed by atoms with Crippen molar-refractivity contribution in [2.24, 2.45) is 17.3 Å². The maximum Gasteiger partial charge on any atom is -0.0243 e. The molecule has 2 saturated carbocycles. The lowest BCUT2D eigenvalue weighted by Crippen LogP contribution is -2.35. The molecule has 0 spiro atoms. The Balaban J connectivity index is 2.04. The van der Waals surface area contributed by atoms with Crippen molar-refractivity contribution < 1.29 is 0 Å². The molecule has 15 heavy (non-hydrogen) atoms. The van der Waals surface area contributed by atoms with Gasteiger partial charge in [0.1, 0.15) is 0 Å². The molecule has 0 aromatic heterocycles.